The molecular weight excluding hydrogens is 322 g/mol. The zero-order chi connectivity index (χ0) is 17.3. The van der Waals surface area contributed by atoms with Crippen molar-refractivity contribution in [2.24, 2.45) is 5.92 Å². The van der Waals surface area contributed by atoms with Crippen LogP contribution in [0.5, 0.6) is 0 Å². The molecule has 1 aliphatic carbocycles. The SMILES string of the molecule is O=C(NCc1cccc(C(F)(F)F)c1)C1CC1c1ccc(F)cc1. The first-order valence-corrected chi connectivity index (χ1v) is 7.54. The minimum atomic E-state index is -4.40. The summed E-state index contributed by atoms with van der Waals surface area (Å²) in [5, 5.41) is 2.67. The molecule has 0 bridgehead atoms. The minimum Gasteiger partial charge on any atom is -0.352 e. The van der Waals surface area contributed by atoms with E-state index in [4.69, 9.17) is 0 Å². The van der Waals surface area contributed by atoms with Gasteiger partial charge in [-0.25, -0.2) is 4.39 Å². The molecule has 0 heterocycles. The normalized spacial score (nSPS) is 19.8. The van der Waals surface area contributed by atoms with Gasteiger partial charge in [0.2, 0.25) is 5.91 Å². The Morgan fingerprint density at radius 3 is 2.50 bits per heavy atom. The second kappa shape index (κ2) is 6.26. The lowest BCUT2D eigenvalue weighted by atomic mass is 10.1. The van der Waals surface area contributed by atoms with Crippen LogP contribution in [0, 0.1) is 11.7 Å². The first-order chi connectivity index (χ1) is 11.3. The highest BCUT2D eigenvalue weighted by molar-refractivity contribution is 5.82. The van der Waals surface area contributed by atoms with Crippen molar-refractivity contribution in [2.45, 2.75) is 25.1 Å². The molecule has 2 aromatic rings. The van der Waals surface area contributed by atoms with Crippen molar-refractivity contribution in [3.05, 3.63) is 71.0 Å². The molecule has 1 saturated carbocycles. The number of alkyl halides is 3. The van der Waals surface area contributed by atoms with Gasteiger partial charge in [0.05, 0.1) is 5.56 Å². The molecule has 126 valence electrons. The topological polar surface area (TPSA) is 29.1 Å². The van der Waals surface area contributed by atoms with Gasteiger partial charge in [0.15, 0.2) is 0 Å². The lowest BCUT2D eigenvalue weighted by molar-refractivity contribution is -0.137. The summed E-state index contributed by atoms with van der Waals surface area (Å²) in [6.07, 6.45) is -3.73. The quantitative estimate of drug-likeness (QED) is 0.830. The maximum atomic E-state index is 12.9. The van der Waals surface area contributed by atoms with Crippen LogP contribution in [-0.2, 0) is 17.5 Å². The smallest absolute Gasteiger partial charge is 0.352 e. The van der Waals surface area contributed by atoms with Crippen molar-refractivity contribution >= 4 is 5.91 Å². The Hall–Kier alpha value is -2.37. The fraction of sp³-hybridized carbons (Fsp3) is 0.278. The van der Waals surface area contributed by atoms with Crippen molar-refractivity contribution in [1.29, 1.82) is 0 Å². The highest BCUT2D eigenvalue weighted by Crippen LogP contribution is 2.47. The summed E-state index contributed by atoms with van der Waals surface area (Å²) in [5.74, 6) is -0.681. The summed E-state index contributed by atoms with van der Waals surface area (Å²) >= 11 is 0. The molecule has 3 rings (SSSR count). The molecule has 0 radical (unpaired) electrons. The van der Waals surface area contributed by atoms with Crippen LogP contribution in [0.2, 0.25) is 0 Å². The van der Waals surface area contributed by atoms with E-state index in [1.165, 1.54) is 18.2 Å². The lowest BCUT2D eigenvalue weighted by Gasteiger charge is -2.09. The van der Waals surface area contributed by atoms with Gasteiger partial charge in [-0.05, 0) is 47.7 Å². The third-order valence-corrected chi connectivity index (χ3v) is 4.15. The van der Waals surface area contributed by atoms with Crippen LogP contribution in [0.1, 0.15) is 29.0 Å². The van der Waals surface area contributed by atoms with E-state index in [2.05, 4.69) is 5.32 Å². The van der Waals surface area contributed by atoms with E-state index in [9.17, 15) is 22.4 Å². The molecule has 0 aromatic heterocycles. The first-order valence-electron chi connectivity index (χ1n) is 7.54. The number of benzene rings is 2. The highest BCUT2D eigenvalue weighted by Gasteiger charge is 2.43. The van der Waals surface area contributed by atoms with E-state index in [1.54, 1.807) is 18.2 Å². The van der Waals surface area contributed by atoms with Crippen LogP contribution in [-0.4, -0.2) is 5.91 Å². The fourth-order valence-corrected chi connectivity index (χ4v) is 2.74. The Balaban J connectivity index is 1.56. The number of rotatable bonds is 4. The molecule has 1 aliphatic rings. The third-order valence-electron chi connectivity index (χ3n) is 4.15. The first kappa shape index (κ1) is 16.5. The predicted octanol–water partition coefficient (Wildman–Crippen LogP) is 4.26. The van der Waals surface area contributed by atoms with Gasteiger partial charge in [-0.15, -0.1) is 0 Å². The molecule has 1 fully saturated rings. The molecule has 1 N–H and O–H groups in total. The van der Waals surface area contributed by atoms with E-state index < -0.39 is 11.7 Å². The molecule has 2 unspecified atom stereocenters. The summed E-state index contributed by atoms with van der Waals surface area (Å²) in [4.78, 5) is 12.1. The van der Waals surface area contributed by atoms with Crippen molar-refractivity contribution < 1.29 is 22.4 Å². The van der Waals surface area contributed by atoms with Gasteiger partial charge in [-0.3, -0.25) is 4.79 Å². The summed E-state index contributed by atoms with van der Waals surface area (Å²) < 4.78 is 50.9. The van der Waals surface area contributed by atoms with Crippen molar-refractivity contribution in [2.75, 3.05) is 0 Å². The fourth-order valence-electron chi connectivity index (χ4n) is 2.74. The maximum Gasteiger partial charge on any atom is 0.416 e. The zero-order valence-electron chi connectivity index (χ0n) is 12.6. The van der Waals surface area contributed by atoms with E-state index in [-0.39, 0.29) is 30.1 Å². The van der Waals surface area contributed by atoms with Crippen LogP contribution in [0.15, 0.2) is 48.5 Å². The molecule has 1 amide bonds. The molecule has 0 saturated heterocycles. The van der Waals surface area contributed by atoms with Gasteiger partial charge >= 0.3 is 6.18 Å². The lowest BCUT2D eigenvalue weighted by Crippen LogP contribution is -2.25. The van der Waals surface area contributed by atoms with Gasteiger partial charge in [0.25, 0.3) is 0 Å². The Kier molecular flexibility index (Phi) is 4.30. The Bertz CT molecular complexity index is 739. The van der Waals surface area contributed by atoms with Crippen molar-refractivity contribution in [3.63, 3.8) is 0 Å². The number of hydrogen-bond acceptors (Lipinski definition) is 1. The standard InChI is InChI=1S/C18H15F4NO/c19-14-6-4-12(5-7-14)15-9-16(15)17(24)23-10-11-2-1-3-13(8-11)18(20,21)22/h1-8,15-16H,9-10H2,(H,23,24). The van der Waals surface area contributed by atoms with Gasteiger partial charge < -0.3 is 5.32 Å². The second-order valence-electron chi connectivity index (χ2n) is 5.92. The van der Waals surface area contributed by atoms with Gasteiger partial charge in [-0.1, -0.05) is 24.3 Å². The van der Waals surface area contributed by atoms with E-state index in [1.807, 2.05) is 0 Å². The van der Waals surface area contributed by atoms with Crippen LogP contribution in [0.25, 0.3) is 0 Å². The summed E-state index contributed by atoms with van der Waals surface area (Å²) in [6, 6.07) is 10.9. The molecule has 24 heavy (non-hydrogen) atoms. The number of amides is 1. The number of hydrogen-bond donors (Lipinski definition) is 1. The Morgan fingerprint density at radius 2 is 1.83 bits per heavy atom. The van der Waals surface area contributed by atoms with Crippen LogP contribution >= 0.6 is 0 Å². The molecule has 2 aromatic carbocycles. The summed E-state index contributed by atoms with van der Waals surface area (Å²) in [6.45, 7) is 0.0510. The van der Waals surface area contributed by atoms with Gasteiger partial charge in [-0.2, -0.15) is 13.2 Å². The van der Waals surface area contributed by atoms with Crippen molar-refractivity contribution in [1.82, 2.24) is 5.32 Å². The summed E-state index contributed by atoms with van der Waals surface area (Å²) in [5.41, 5.74) is 0.567. The molecule has 0 aliphatic heterocycles. The monoisotopic (exact) mass is 337 g/mol. The van der Waals surface area contributed by atoms with Gasteiger partial charge in [0, 0.05) is 12.5 Å². The molecule has 0 spiro atoms. The third kappa shape index (κ3) is 3.75. The zero-order valence-corrected chi connectivity index (χ0v) is 12.6. The van der Waals surface area contributed by atoms with Crippen molar-refractivity contribution in [3.8, 4) is 0 Å². The van der Waals surface area contributed by atoms with Crippen LogP contribution < -0.4 is 5.32 Å². The van der Waals surface area contributed by atoms with Crippen LogP contribution in [0.4, 0.5) is 17.6 Å². The number of halogens is 4. The Labute approximate surface area is 136 Å². The van der Waals surface area contributed by atoms with E-state index in [0.29, 0.717) is 12.0 Å². The largest absolute Gasteiger partial charge is 0.416 e. The van der Waals surface area contributed by atoms with Crippen LogP contribution in [0.3, 0.4) is 0 Å². The summed E-state index contributed by atoms with van der Waals surface area (Å²) in [7, 11) is 0. The highest BCUT2D eigenvalue weighted by atomic mass is 19.4. The number of nitrogens with one attached hydrogen (secondary N) is 1. The maximum absolute atomic E-state index is 12.9. The molecule has 2 atom stereocenters. The van der Waals surface area contributed by atoms with Gasteiger partial charge in [0.1, 0.15) is 5.82 Å². The number of carbonyl (C=O) groups is 1. The number of carbonyl (C=O) groups excluding carboxylic acids is 1. The molecular formula is C18H15F4NO. The minimum absolute atomic E-state index is 0.0482. The predicted molar refractivity (Wildman–Crippen MR) is 80.5 cm³/mol. The van der Waals surface area contributed by atoms with E-state index >= 15 is 0 Å². The average molecular weight is 337 g/mol. The molecule has 2 nitrogen and oxygen atoms in total. The average Bonchev–Trinajstić information content (AvgIpc) is 3.33. The Morgan fingerprint density at radius 1 is 1.12 bits per heavy atom. The second-order valence-corrected chi connectivity index (χ2v) is 5.92. The van der Waals surface area contributed by atoms with E-state index in [0.717, 1.165) is 17.7 Å². The molecule has 6 heteroatoms.